The highest BCUT2D eigenvalue weighted by atomic mass is 32.2. The van der Waals surface area contributed by atoms with E-state index in [9.17, 15) is 4.21 Å². The van der Waals surface area contributed by atoms with Crippen molar-refractivity contribution in [2.45, 2.75) is 19.1 Å². The Labute approximate surface area is 98.2 Å². The molecule has 0 fully saturated rings. The van der Waals surface area contributed by atoms with Gasteiger partial charge in [-0.05, 0) is 25.5 Å². The lowest BCUT2D eigenvalue weighted by Crippen LogP contribution is -2.21. The molecular formula is C11H15N3OS. The summed E-state index contributed by atoms with van der Waals surface area (Å²) in [6.07, 6.45) is 3.33. The van der Waals surface area contributed by atoms with E-state index in [1.807, 2.05) is 13.8 Å². The quantitative estimate of drug-likeness (QED) is 0.860. The second-order valence-electron chi connectivity index (χ2n) is 3.65. The Morgan fingerprint density at radius 2 is 2.38 bits per heavy atom. The van der Waals surface area contributed by atoms with Crippen LogP contribution in [0, 0.1) is 18.3 Å². The number of nitrogens with zero attached hydrogens (tertiary/aromatic N) is 2. The summed E-state index contributed by atoms with van der Waals surface area (Å²) < 4.78 is 11.2. The number of nitriles is 1. The second kappa shape index (κ2) is 5.61. The van der Waals surface area contributed by atoms with E-state index >= 15 is 0 Å². The molecule has 2 unspecified atom stereocenters. The minimum Gasteiger partial charge on any atom is -0.368 e. The number of hydrogen-bond acceptors (Lipinski definition) is 4. The molecule has 0 radical (unpaired) electrons. The molecule has 4 nitrogen and oxygen atoms in total. The van der Waals surface area contributed by atoms with Gasteiger partial charge in [0.15, 0.2) is 0 Å². The molecule has 1 rings (SSSR count). The van der Waals surface area contributed by atoms with E-state index in [1.54, 1.807) is 18.5 Å². The zero-order chi connectivity index (χ0) is 12.1. The van der Waals surface area contributed by atoms with Gasteiger partial charge < -0.3 is 5.32 Å². The average molecular weight is 237 g/mol. The van der Waals surface area contributed by atoms with Crippen molar-refractivity contribution in [1.82, 2.24) is 4.98 Å². The van der Waals surface area contributed by atoms with Crippen LogP contribution in [-0.4, -0.2) is 27.2 Å². The summed E-state index contributed by atoms with van der Waals surface area (Å²) in [6, 6.07) is 3.91. The number of hydrogen-bond donors (Lipinski definition) is 1. The molecule has 0 aliphatic rings. The first-order valence-corrected chi connectivity index (χ1v) is 6.60. The molecule has 0 amide bonds. The van der Waals surface area contributed by atoms with Crippen LogP contribution in [0.3, 0.4) is 0 Å². The molecule has 0 saturated heterocycles. The summed E-state index contributed by atoms with van der Waals surface area (Å²) in [5.74, 6) is 0.569. The SMILES string of the molecule is Cc1ccnc(NCC(C)S(C)=O)c1C#N. The van der Waals surface area contributed by atoms with E-state index in [0.29, 0.717) is 17.9 Å². The Kier molecular flexibility index (Phi) is 4.44. The van der Waals surface area contributed by atoms with Gasteiger partial charge in [-0.3, -0.25) is 4.21 Å². The molecule has 0 aliphatic heterocycles. The third kappa shape index (κ3) is 3.04. The summed E-state index contributed by atoms with van der Waals surface area (Å²) in [5.41, 5.74) is 1.45. The Balaban J connectivity index is 2.79. The predicted molar refractivity (Wildman–Crippen MR) is 65.7 cm³/mol. The number of anilines is 1. The molecule has 5 heteroatoms. The molecule has 1 aromatic heterocycles. The smallest absolute Gasteiger partial charge is 0.144 e. The first-order chi connectivity index (χ1) is 7.56. The molecule has 1 aromatic rings. The Morgan fingerprint density at radius 1 is 1.69 bits per heavy atom. The molecule has 0 saturated carbocycles. The van der Waals surface area contributed by atoms with E-state index in [4.69, 9.17) is 5.26 Å². The highest BCUT2D eigenvalue weighted by Gasteiger charge is 2.09. The van der Waals surface area contributed by atoms with E-state index in [-0.39, 0.29) is 5.25 Å². The second-order valence-corrected chi connectivity index (χ2v) is 5.46. The summed E-state index contributed by atoms with van der Waals surface area (Å²) in [5, 5.41) is 12.1. The van der Waals surface area contributed by atoms with Gasteiger partial charge in [0, 0.05) is 35.0 Å². The molecule has 86 valence electrons. The topological polar surface area (TPSA) is 65.8 Å². The molecule has 0 spiro atoms. The van der Waals surface area contributed by atoms with Crippen molar-refractivity contribution in [2.75, 3.05) is 18.1 Å². The van der Waals surface area contributed by atoms with Crippen molar-refractivity contribution < 1.29 is 4.21 Å². The molecule has 1 N–H and O–H groups in total. The third-order valence-electron chi connectivity index (χ3n) is 2.39. The lowest BCUT2D eigenvalue weighted by molar-refractivity contribution is 0.679. The van der Waals surface area contributed by atoms with Crippen LogP contribution >= 0.6 is 0 Å². The van der Waals surface area contributed by atoms with Crippen LogP contribution in [-0.2, 0) is 10.8 Å². The van der Waals surface area contributed by atoms with Crippen molar-refractivity contribution in [2.24, 2.45) is 0 Å². The van der Waals surface area contributed by atoms with Crippen LogP contribution in [0.4, 0.5) is 5.82 Å². The predicted octanol–water partition coefficient (Wildman–Crippen LogP) is 1.44. The van der Waals surface area contributed by atoms with E-state index in [0.717, 1.165) is 5.56 Å². The minimum absolute atomic E-state index is 0.0360. The maximum Gasteiger partial charge on any atom is 0.144 e. The fourth-order valence-corrected chi connectivity index (χ4v) is 1.51. The molecule has 16 heavy (non-hydrogen) atoms. The van der Waals surface area contributed by atoms with E-state index < -0.39 is 10.8 Å². The summed E-state index contributed by atoms with van der Waals surface area (Å²) in [4.78, 5) is 4.11. The zero-order valence-corrected chi connectivity index (χ0v) is 10.5. The van der Waals surface area contributed by atoms with Crippen LogP contribution in [0.1, 0.15) is 18.1 Å². The fraction of sp³-hybridized carbons (Fsp3) is 0.455. The van der Waals surface area contributed by atoms with Crippen LogP contribution in [0.15, 0.2) is 12.3 Å². The van der Waals surface area contributed by atoms with Crippen molar-refractivity contribution in [3.63, 3.8) is 0 Å². The number of rotatable bonds is 4. The van der Waals surface area contributed by atoms with Gasteiger partial charge in [0.25, 0.3) is 0 Å². The maximum absolute atomic E-state index is 11.2. The molecule has 1 heterocycles. The molecule has 0 aromatic carbocycles. The van der Waals surface area contributed by atoms with Gasteiger partial charge in [-0.1, -0.05) is 0 Å². The van der Waals surface area contributed by atoms with E-state index in [2.05, 4.69) is 16.4 Å². The van der Waals surface area contributed by atoms with Gasteiger partial charge in [-0.2, -0.15) is 5.26 Å². The first kappa shape index (κ1) is 12.7. The Hall–Kier alpha value is -1.41. The van der Waals surface area contributed by atoms with Gasteiger partial charge in [0.1, 0.15) is 11.9 Å². The summed E-state index contributed by atoms with van der Waals surface area (Å²) in [6.45, 7) is 4.31. The van der Waals surface area contributed by atoms with Gasteiger partial charge in [0.2, 0.25) is 0 Å². The monoisotopic (exact) mass is 237 g/mol. The Morgan fingerprint density at radius 3 is 2.94 bits per heavy atom. The van der Waals surface area contributed by atoms with Crippen molar-refractivity contribution in [3.8, 4) is 6.07 Å². The van der Waals surface area contributed by atoms with Crippen molar-refractivity contribution in [3.05, 3.63) is 23.4 Å². The van der Waals surface area contributed by atoms with Gasteiger partial charge >= 0.3 is 0 Å². The minimum atomic E-state index is -0.871. The first-order valence-electron chi connectivity index (χ1n) is 4.98. The molecular weight excluding hydrogens is 222 g/mol. The number of nitrogens with one attached hydrogen (secondary N) is 1. The number of aryl methyl sites for hydroxylation is 1. The zero-order valence-electron chi connectivity index (χ0n) is 9.65. The van der Waals surface area contributed by atoms with Crippen LogP contribution < -0.4 is 5.32 Å². The van der Waals surface area contributed by atoms with Crippen molar-refractivity contribution in [1.29, 1.82) is 5.26 Å². The third-order valence-corrected chi connectivity index (χ3v) is 3.69. The van der Waals surface area contributed by atoms with Crippen molar-refractivity contribution >= 4 is 16.6 Å². The van der Waals surface area contributed by atoms with Crippen LogP contribution in [0.5, 0.6) is 0 Å². The average Bonchev–Trinajstić information content (AvgIpc) is 2.25. The van der Waals surface area contributed by atoms with E-state index in [1.165, 1.54) is 0 Å². The van der Waals surface area contributed by atoms with Gasteiger partial charge in [-0.15, -0.1) is 0 Å². The lowest BCUT2D eigenvalue weighted by atomic mass is 10.1. The largest absolute Gasteiger partial charge is 0.368 e. The molecule has 0 bridgehead atoms. The summed E-state index contributed by atoms with van der Waals surface area (Å²) in [7, 11) is -0.871. The Bertz CT molecular complexity index is 439. The normalized spacial score (nSPS) is 13.9. The molecule has 2 atom stereocenters. The highest BCUT2D eigenvalue weighted by molar-refractivity contribution is 7.84. The standard InChI is InChI=1S/C11H15N3OS/c1-8-4-5-13-11(10(8)6-12)14-7-9(2)16(3)15/h4-5,9H,7H2,1-3H3,(H,13,14). The highest BCUT2D eigenvalue weighted by Crippen LogP contribution is 2.15. The van der Waals surface area contributed by atoms with Crippen LogP contribution in [0.25, 0.3) is 0 Å². The van der Waals surface area contributed by atoms with Gasteiger partial charge in [-0.25, -0.2) is 4.98 Å². The fourth-order valence-electron chi connectivity index (χ4n) is 1.19. The lowest BCUT2D eigenvalue weighted by Gasteiger charge is -2.12. The molecule has 0 aliphatic carbocycles. The maximum atomic E-state index is 11.2. The summed E-state index contributed by atoms with van der Waals surface area (Å²) >= 11 is 0. The van der Waals surface area contributed by atoms with Gasteiger partial charge in [0.05, 0.1) is 5.56 Å². The number of aromatic nitrogens is 1. The number of pyridine rings is 1. The van der Waals surface area contributed by atoms with Crippen LogP contribution in [0.2, 0.25) is 0 Å².